The third-order valence-electron chi connectivity index (χ3n) is 2.84. The van der Waals surface area contributed by atoms with Gasteiger partial charge in [0.15, 0.2) is 5.89 Å². The summed E-state index contributed by atoms with van der Waals surface area (Å²) in [6.07, 6.45) is 0. The van der Waals surface area contributed by atoms with Crippen molar-refractivity contribution in [3.8, 4) is 0 Å². The van der Waals surface area contributed by atoms with Crippen LogP contribution in [0.15, 0.2) is 22.6 Å². The SMILES string of the molecule is Cc1nc(C)c(C(=O)Nc2cccc(C)c2C(=O)O)o1. The number of aromatic nitrogens is 1. The van der Waals surface area contributed by atoms with Crippen LogP contribution in [0.25, 0.3) is 0 Å². The minimum Gasteiger partial charge on any atom is -0.478 e. The summed E-state index contributed by atoms with van der Waals surface area (Å²) in [7, 11) is 0. The molecule has 0 fully saturated rings. The monoisotopic (exact) mass is 274 g/mol. The molecule has 104 valence electrons. The smallest absolute Gasteiger partial charge is 0.338 e. The van der Waals surface area contributed by atoms with Crippen molar-refractivity contribution in [2.45, 2.75) is 20.8 Å². The average molecular weight is 274 g/mol. The summed E-state index contributed by atoms with van der Waals surface area (Å²) in [6.45, 7) is 4.96. The van der Waals surface area contributed by atoms with Crippen molar-refractivity contribution in [2.24, 2.45) is 0 Å². The van der Waals surface area contributed by atoms with E-state index < -0.39 is 11.9 Å². The maximum absolute atomic E-state index is 12.1. The first-order valence-electron chi connectivity index (χ1n) is 5.98. The Labute approximate surface area is 115 Å². The van der Waals surface area contributed by atoms with Gasteiger partial charge in [0, 0.05) is 6.92 Å². The van der Waals surface area contributed by atoms with Crippen molar-refractivity contribution < 1.29 is 19.1 Å². The zero-order valence-corrected chi connectivity index (χ0v) is 11.4. The number of rotatable bonds is 3. The van der Waals surface area contributed by atoms with E-state index in [1.54, 1.807) is 32.9 Å². The summed E-state index contributed by atoms with van der Waals surface area (Å²) in [5.74, 6) is -1.14. The number of nitrogens with zero attached hydrogens (tertiary/aromatic N) is 1. The molecular weight excluding hydrogens is 260 g/mol. The van der Waals surface area contributed by atoms with Crippen molar-refractivity contribution in [3.05, 3.63) is 46.7 Å². The highest BCUT2D eigenvalue weighted by atomic mass is 16.4. The number of hydrogen-bond donors (Lipinski definition) is 2. The van der Waals surface area contributed by atoms with E-state index in [1.807, 2.05) is 0 Å². The zero-order chi connectivity index (χ0) is 14.9. The molecule has 1 aromatic heterocycles. The van der Waals surface area contributed by atoms with Gasteiger partial charge in [-0.3, -0.25) is 4.79 Å². The number of nitrogens with one attached hydrogen (secondary N) is 1. The first kappa shape index (κ1) is 13.8. The van der Waals surface area contributed by atoms with Crippen LogP contribution in [0.5, 0.6) is 0 Å². The highest BCUT2D eigenvalue weighted by molar-refractivity contribution is 6.07. The molecule has 0 aliphatic heterocycles. The number of carboxylic acid groups (broad SMARTS) is 1. The lowest BCUT2D eigenvalue weighted by Crippen LogP contribution is -2.16. The number of carbonyl (C=O) groups is 2. The second-order valence-electron chi connectivity index (χ2n) is 4.40. The van der Waals surface area contributed by atoms with Gasteiger partial charge in [-0.25, -0.2) is 9.78 Å². The number of amides is 1. The Morgan fingerprint density at radius 3 is 2.50 bits per heavy atom. The molecule has 0 aliphatic carbocycles. The first-order valence-corrected chi connectivity index (χ1v) is 5.98. The van der Waals surface area contributed by atoms with E-state index in [2.05, 4.69) is 10.3 Å². The normalized spacial score (nSPS) is 10.3. The maximum Gasteiger partial charge on any atom is 0.338 e. The van der Waals surface area contributed by atoms with Crippen LogP contribution in [0.2, 0.25) is 0 Å². The molecule has 6 heteroatoms. The van der Waals surface area contributed by atoms with Crippen molar-refractivity contribution in [3.63, 3.8) is 0 Å². The third kappa shape index (κ3) is 2.54. The van der Waals surface area contributed by atoms with Crippen molar-refractivity contribution >= 4 is 17.6 Å². The first-order chi connectivity index (χ1) is 9.40. The summed E-state index contributed by atoms with van der Waals surface area (Å²) in [5.41, 5.74) is 1.33. The van der Waals surface area contributed by atoms with Crippen molar-refractivity contribution in [1.29, 1.82) is 0 Å². The number of benzene rings is 1. The van der Waals surface area contributed by atoms with Crippen LogP contribution in [0.1, 0.15) is 38.1 Å². The predicted molar refractivity (Wildman–Crippen MR) is 72.1 cm³/mol. The minimum absolute atomic E-state index is 0.0646. The minimum atomic E-state index is -1.09. The average Bonchev–Trinajstić information content (AvgIpc) is 2.68. The van der Waals surface area contributed by atoms with E-state index in [9.17, 15) is 14.7 Å². The molecule has 0 bridgehead atoms. The number of aromatic carboxylic acids is 1. The summed E-state index contributed by atoms with van der Waals surface area (Å²) in [4.78, 5) is 27.3. The van der Waals surface area contributed by atoms with E-state index in [1.165, 1.54) is 6.07 Å². The Hall–Kier alpha value is -2.63. The van der Waals surface area contributed by atoms with Crippen LogP contribution in [-0.4, -0.2) is 22.0 Å². The molecule has 1 aromatic carbocycles. The van der Waals surface area contributed by atoms with E-state index in [0.717, 1.165) is 0 Å². The van der Waals surface area contributed by atoms with E-state index in [-0.39, 0.29) is 17.0 Å². The topological polar surface area (TPSA) is 92.4 Å². The lowest BCUT2D eigenvalue weighted by atomic mass is 10.1. The number of carboxylic acids is 1. The van der Waals surface area contributed by atoms with E-state index in [0.29, 0.717) is 17.1 Å². The van der Waals surface area contributed by atoms with Crippen molar-refractivity contribution in [1.82, 2.24) is 4.98 Å². The molecule has 1 heterocycles. The molecule has 0 unspecified atom stereocenters. The third-order valence-corrected chi connectivity index (χ3v) is 2.84. The molecule has 0 radical (unpaired) electrons. The van der Waals surface area contributed by atoms with Gasteiger partial charge in [-0.1, -0.05) is 12.1 Å². The predicted octanol–water partition coefficient (Wildman–Crippen LogP) is 2.55. The lowest BCUT2D eigenvalue weighted by molar-refractivity contribution is 0.0697. The number of anilines is 1. The van der Waals surface area contributed by atoms with E-state index in [4.69, 9.17) is 4.42 Å². The lowest BCUT2D eigenvalue weighted by Gasteiger charge is -2.09. The Kier molecular flexibility index (Phi) is 3.56. The highest BCUT2D eigenvalue weighted by Gasteiger charge is 2.19. The largest absolute Gasteiger partial charge is 0.478 e. The molecule has 2 rings (SSSR count). The number of oxazole rings is 1. The molecule has 6 nitrogen and oxygen atoms in total. The molecule has 0 saturated heterocycles. The maximum atomic E-state index is 12.1. The second kappa shape index (κ2) is 5.16. The molecule has 0 spiro atoms. The molecule has 2 N–H and O–H groups in total. The molecular formula is C14H14N2O4. The Morgan fingerprint density at radius 1 is 1.25 bits per heavy atom. The van der Waals surface area contributed by atoms with Crippen LogP contribution in [0.3, 0.4) is 0 Å². The van der Waals surface area contributed by atoms with Crippen LogP contribution in [0.4, 0.5) is 5.69 Å². The summed E-state index contributed by atoms with van der Waals surface area (Å²) in [5, 5.41) is 11.8. The van der Waals surface area contributed by atoms with E-state index >= 15 is 0 Å². The van der Waals surface area contributed by atoms with Gasteiger partial charge in [-0.2, -0.15) is 0 Å². The zero-order valence-electron chi connectivity index (χ0n) is 11.4. The van der Waals surface area contributed by atoms with Gasteiger partial charge in [-0.15, -0.1) is 0 Å². The summed E-state index contributed by atoms with van der Waals surface area (Å²) < 4.78 is 5.21. The second-order valence-corrected chi connectivity index (χ2v) is 4.40. The van der Waals surface area contributed by atoms with Crippen LogP contribution in [-0.2, 0) is 0 Å². The summed E-state index contributed by atoms with van der Waals surface area (Å²) in [6, 6.07) is 4.88. The van der Waals surface area contributed by atoms with Gasteiger partial charge in [0.1, 0.15) is 0 Å². The van der Waals surface area contributed by atoms with Gasteiger partial charge in [0.2, 0.25) is 5.76 Å². The van der Waals surface area contributed by atoms with Gasteiger partial charge in [0.05, 0.1) is 16.9 Å². The van der Waals surface area contributed by atoms with Gasteiger partial charge < -0.3 is 14.8 Å². The number of carbonyl (C=O) groups excluding carboxylic acids is 1. The van der Waals surface area contributed by atoms with Crippen LogP contribution in [0, 0.1) is 20.8 Å². The molecule has 2 aromatic rings. The molecule has 0 saturated carbocycles. The molecule has 20 heavy (non-hydrogen) atoms. The quantitative estimate of drug-likeness (QED) is 0.897. The Bertz CT molecular complexity index is 688. The number of aryl methyl sites for hydroxylation is 3. The Morgan fingerprint density at radius 2 is 1.95 bits per heavy atom. The van der Waals surface area contributed by atoms with Crippen LogP contribution >= 0.6 is 0 Å². The van der Waals surface area contributed by atoms with Gasteiger partial charge in [0.25, 0.3) is 5.91 Å². The molecule has 0 atom stereocenters. The Balaban J connectivity index is 2.36. The fourth-order valence-corrected chi connectivity index (χ4v) is 1.98. The summed E-state index contributed by atoms with van der Waals surface area (Å²) >= 11 is 0. The van der Waals surface area contributed by atoms with Gasteiger partial charge >= 0.3 is 5.97 Å². The van der Waals surface area contributed by atoms with Crippen molar-refractivity contribution in [2.75, 3.05) is 5.32 Å². The molecule has 0 aliphatic rings. The highest BCUT2D eigenvalue weighted by Crippen LogP contribution is 2.21. The molecule has 1 amide bonds. The fourth-order valence-electron chi connectivity index (χ4n) is 1.98. The van der Waals surface area contributed by atoms with Crippen LogP contribution < -0.4 is 5.32 Å². The fraction of sp³-hybridized carbons (Fsp3) is 0.214. The van der Waals surface area contributed by atoms with Gasteiger partial charge in [-0.05, 0) is 25.5 Å². The number of hydrogen-bond acceptors (Lipinski definition) is 4. The standard InChI is InChI=1S/C14H14N2O4/c1-7-5-4-6-10(11(7)14(18)19)16-13(17)12-8(2)15-9(3)20-12/h4-6H,1-3H3,(H,16,17)(H,18,19).